The number of hydrogen-bond acceptors (Lipinski definition) is 5. The number of aryl methyl sites for hydroxylation is 1. The molecule has 0 spiro atoms. The molecule has 2 aromatic rings. The van der Waals surface area contributed by atoms with Crippen molar-refractivity contribution in [2.75, 3.05) is 26.9 Å². The Morgan fingerprint density at radius 1 is 1.25 bits per heavy atom. The number of amides is 1. The van der Waals surface area contributed by atoms with Gasteiger partial charge in [-0.05, 0) is 30.0 Å². The molecule has 0 bridgehead atoms. The van der Waals surface area contributed by atoms with Crippen LogP contribution >= 0.6 is 11.3 Å². The zero-order chi connectivity index (χ0) is 17.4. The minimum absolute atomic E-state index is 0.112. The lowest BCUT2D eigenvalue weighted by molar-refractivity contribution is -0.119. The van der Waals surface area contributed by atoms with Crippen molar-refractivity contribution >= 4 is 17.2 Å². The van der Waals surface area contributed by atoms with E-state index in [0.29, 0.717) is 12.4 Å². The monoisotopic (exact) mass is 348 g/mol. The van der Waals surface area contributed by atoms with Gasteiger partial charge < -0.3 is 15.2 Å². The maximum absolute atomic E-state index is 11.0. The van der Waals surface area contributed by atoms with Crippen LogP contribution in [-0.4, -0.2) is 37.7 Å². The molecule has 0 radical (unpaired) electrons. The topological polar surface area (TPSA) is 64.8 Å². The Labute approximate surface area is 147 Å². The summed E-state index contributed by atoms with van der Waals surface area (Å²) in [6.45, 7) is 5.07. The van der Waals surface area contributed by atoms with Crippen LogP contribution in [0.15, 0.2) is 35.7 Å². The third kappa shape index (κ3) is 5.63. The smallest absolute Gasteiger partial charge is 0.255 e. The number of primary amides is 1. The third-order valence-corrected chi connectivity index (χ3v) is 4.69. The second-order valence-electron chi connectivity index (χ2n) is 5.59. The zero-order valence-electron chi connectivity index (χ0n) is 14.2. The summed E-state index contributed by atoms with van der Waals surface area (Å²) in [5, 5.41) is 2.11. The molecule has 0 aliphatic carbocycles. The van der Waals surface area contributed by atoms with E-state index in [1.807, 2.05) is 24.3 Å². The lowest BCUT2D eigenvalue weighted by Crippen LogP contribution is -2.27. The Morgan fingerprint density at radius 2 is 2.04 bits per heavy atom. The number of carbonyl (C=O) groups is 1. The van der Waals surface area contributed by atoms with Crippen molar-refractivity contribution in [3.63, 3.8) is 0 Å². The van der Waals surface area contributed by atoms with Crippen molar-refractivity contribution in [3.05, 3.63) is 51.7 Å². The molecule has 0 aliphatic heterocycles. The number of nitrogens with zero attached hydrogens (tertiary/aromatic N) is 1. The largest absolute Gasteiger partial charge is 0.483 e. The number of carbonyl (C=O) groups excluding carboxylic acids is 1. The standard InChI is InChI=1S/C18H24N2O3S/c1-14-7-10-24-17(14)12-20(8-9-22-2)11-15-5-3-4-6-16(15)23-13-18(19)21/h3-7,10H,8-9,11-13H2,1-2H3,(H2,19,21). The van der Waals surface area contributed by atoms with Gasteiger partial charge >= 0.3 is 0 Å². The van der Waals surface area contributed by atoms with Crippen LogP contribution in [0.25, 0.3) is 0 Å². The molecular formula is C18H24N2O3S. The molecule has 6 heteroatoms. The predicted molar refractivity (Wildman–Crippen MR) is 96.2 cm³/mol. The second-order valence-corrected chi connectivity index (χ2v) is 6.59. The third-order valence-electron chi connectivity index (χ3n) is 3.68. The van der Waals surface area contributed by atoms with Gasteiger partial charge in [0, 0.05) is 37.2 Å². The second kappa shape index (κ2) is 9.42. The van der Waals surface area contributed by atoms with E-state index in [2.05, 4.69) is 23.3 Å². The molecule has 1 heterocycles. The number of methoxy groups -OCH3 is 1. The van der Waals surface area contributed by atoms with Gasteiger partial charge in [0.25, 0.3) is 5.91 Å². The van der Waals surface area contributed by atoms with E-state index in [0.717, 1.165) is 25.2 Å². The summed E-state index contributed by atoms with van der Waals surface area (Å²) in [6.07, 6.45) is 0. The van der Waals surface area contributed by atoms with Crippen LogP contribution in [0.1, 0.15) is 16.0 Å². The molecule has 5 nitrogen and oxygen atoms in total. The molecule has 0 saturated carbocycles. The molecule has 24 heavy (non-hydrogen) atoms. The highest BCUT2D eigenvalue weighted by Crippen LogP contribution is 2.23. The highest BCUT2D eigenvalue weighted by molar-refractivity contribution is 7.10. The van der Waals surface area contributed by atoms with E-state index in [9.17, 15) is 4.79 Å². The average molecular weight is 348 g/mol. The first-order chi connectivity index (χ1) is 11.6. The summed E-state index contributed by atoms with van der Waals surface area (Å²) in [4.78, 5) is 14.6. The van der Waals surface area contributed by atoms with Crippen LogP contribution in [0.3, 0.4) is 0 Å². The van der Waals surface area contributed by atoms with Gasteiger partial charge in [0.05, 0.1) is 6.61 Å². The van der Waals surface area contributed by atoms with Crippen LogP contribution in [0.5, 0.6) is 5.75 Å². The number of rotatable bonds is 10. The number of nitrogens with two attached hydrogens (primary N) is 1. The van der Waals surface area contributed by atoms with Crippen LogP contribution in [0.2, 0.25) is 0 Å². The Kier molecular flexibility index (Phi) is 7.24. The van der Waals surface area contributed by atoms with Gasteiger partial charge in [0.2, 0.25) is 0 Å². The minimum atomic E-state index is -0.477. The summed E-state index contributed by atoms with van der Waals surface area (Å²) < 4.78 is 10.8. The van der Waals surface area contributed by atoms with Gasteiger partial charge in [-0.1, -0.05) is 18.2 Å². The number of hydrogen-bond donors (Lipinski definition) is 1. The number of para-hydroxylation sites is 1. The van der Waals surface area contributed by atoms with E-state index in [1.165, 1.54) is 10.4 Å². The fraction of sp³-hybridized carbons (Fsp3) is 0.389. The minimum Gasteiger partial charge on any atom is -0.483 e. The molecule has 1 aromatic heterocycles. The molecule has 0 unspecified atom stereocenters. The molecule has 0 fully saturated rings. The molecule has 2 N–H and O–H groups in total. The fourth-order valence-corrected chi connectivity index (χ4v) is 3.32. The molecular weight excluding hydrogens is 324 g/mol. The van der Waals surface area contributed by atoms with Crippen molar-refractivity contribution in [2.24, 2.45) is 5.73 Å². The zero-order valence-corrected chi connectivity index (χ0v) is 15.0. The molecule has 0 aliphatic rings. The first kappa shape index (κ1) is 18.4. The maximum atomic E-state index is 11.0. The molecule has 0 atom stereocenters. The molecule has 2 rings (SSSR count). The normalized spacial score (nSPS) is 11.0. The van der Waals surface area contributed by atoms with Gasteiger partial charge in [0.1, 0.15) is 5.75 Å². The van der Waals surface area contributed by atoms with Gasteiger partial charge in [-0.25, -0.2) is 0 Å². The fourth-order valence-electron chi connectivity index (χ4n) is 2.37. The quantitative estimate of drug-likeness (QED) is 0.717. The van der Waals surface area contributed by atoms with E-state index >= 15 is 0 Å². The van der Waals surface area contributed by atoms with Crippen LogP contribution in [-0.2, 0) is 22.6 Å². The van der Waals surface area contributed by atoms with Crippen LogP contribution in [0, 0.1) is 6.92 Å². The molecule has 1 aromatic carbocycles. The van der Waals surface area contributed by atoms with E-state index in [1.54, 1.807) is 18.4 Å². The lowest BCUT2D eigenvalue weighted by atomic mass is 10.1. The first-order valence-corrected chi connectivity index (χ1v) is 8.71. The SMILES string of the molecule is COCCN(Cc1ccccc1OCC(N)=O)Cc1sccc1C. The van der Waals surface area contributed by atoms with E-state index in [4.69, 9.17) is 15.2 Å². The summed E-state index contributed by atoms with van der Waals surface area (Å²) in [6, 6.07) is 9.87. The lowest BCUT2D eigenvalue weighted by Gasteiger charge is -2.23. The summed E-state index contributed by atoms with van der Waals surface area (Å²) in [5.74, 6) is 0.219. The van der Waals surface area contributed by atoms with Gasteiger partial charge in [-0.2, -0.15) is 0 Å². The average Bonchev–Trinajstić information content (AvgIpc) is 2.96. The highest BCUT2D eigenvalue weighted by atomic mass is 32.1. The Bertz CT molecular complexity index is 657. The van der Waals surface area contributed by atoms with Crippen molar-refractivity contribution in [2.45, 2.75) is 20.0 Å². The summed E-state index contributed by atoms with van der Waals surface area (Å²) in [5.41, 5.74) is 7.51. The van der Waals surface area contributed by atoms with Crippen molar-refractivity contribution < 1.29 is 14.3 Å². The molecule has 130 valence electrons. The Balaban J connectivity index is 2.10. The first-order valence-electron chi connectivity index (χ1n) is 7.83. The molecule has 1 amide bonds. The van der Waals surface area contributed by atoms with E-state index in [-0.39, 0.29) is 6.61 Å². The van der Waals surface area contributed by atoms with Crippen LogP contribution < -0.4 is 10.5 Å². The Hall–Kier alpha value is -1.89. The van der Waals surface area contributed by atoms with Gasteiger partial charge in [-0.3, -0.25) is 9.69 Å². The van der Waals surface area contributed by atoms with Gasteiger partial charge in [-0.15, -0.1) is 11.3 Å². The Morgan fingerprint density at radius 3 is 2.71 bits per heavy atom. The number of benzene rings is 1. The van der Waals surface area contributed by atoms with Crippen LogP contribution in [0.4, 0.5) is 0 Å². The van der Waals surface area contributed by atoms with Crippen molar-refractivity contribution in [1.82, 2.24) is 4.90 Å². The maximum Gasteiger partial charge on any atom is 0.255 e. The number of ether oxygens (including phenoxy) is 2. The summed E-state index contributed by atoms with van der Waals surface area (Å²) in [7, 11) is 1.71. The van der Waals surface area contributed by atoms with E-state index < -0.39 is 5.91 Å². The van der Waals surface area contributed by atoms with Crippen molar-refractivity contribution in [1.29, 1.82) is 0 Å². The van der Waals surface area contributed by atoms with Crippen molar-refractivity contribution in [3.8, 4) is 5.75 Å². The predicted octanol–water partition coefficient (Wildman–Crippen LogP) is 2.57. The highest BCUT2D eigenvalue weighted by Gasteiger charge is 2.13. The van der Waals surface area contributed by atoms with Gasteiger partial charge in [0.15, 0.2) is 6.61 Å². The summed E-state index contributed by atoms with van der Waals surface area (Å²) >= 11 is 1.77. The number of thiophene rings is 1. The molecule has 0 saturated heterocycles.